The van der Waals surface area contributed by atoms with E-state index in [0.717, 1.165) is 4.88 Å². The van der Waals surface area contributed by atoms with E-state index in [1.54, 1.807) is 19.9 Å². The summed E-state index contributed by atoms with van der Waals surface area (Å²) in [5.41, 5.74) is -1.37. The van der Waals surface area contributed by atoms with Gasteiger partial charge in [-0.2, -0.15) is 11.3 Å². The van der Waals surface area contributed by atoms with Crippen LogP contribution in [-0.4, -0.2) is 27.2 Å². The van der Waals surface area contributed by atoms with Gasteiger partial charge in [-0.1, -0.05) is 0 Å². The topological polar surface area (TPSA) is 97.8 Å². The van der Waals surface area contributed by atoms with E-state index in [0.29, 0.717) is 23.0 Å². The van der Waals surface area contributed by atoms with Crippen molar-refractivity contribution in [3.63, 3.8) is 0 Å². The van der Waals surface area contributed by atoms with E-state index in [2.05, 4.69) is 15.1 Å². The monoisotopic (exact) mass is 374 g/mol. The maximum absolute atomic E-state index is 12.5. The minimum Gasteiger partial charge on any atom is -0.501 e. The lowest BCUT2D eigenvalue weighted by Gasteiger charge is -2.32. The molecule has 2 aromatic heterocycles. The van der Waals surface area contributed by atoms with Crippen LogP contribution in [0.2, 0.25) is 0 Å². The number of carbonyl (C=O) groups is 1. The number of hydrogen-bond acceptors (Lipinski definition) is 6. The molecule has 0 fully saturated rings. The molecular formula is C17H18N4O4S. The van der Waals surface area contributed by atoms with E-state index in [4.69, 9.17) is 11.3 Å². The Labute approximate surface area is 153 Å². The zero-order valence-electron chi connectivity index (χ0n) is 14.6. The van der Waals surface area contributed by atoms with Crippen molar-refractivity contribution in [3.8, 4) is 5.75 Å². The van der Waals surface area contributed by atoms with Crippen molar-refractivity contribution in [1.82, 2.24) is 14.9 Å². The predicted octanol–water partition coefficient (Wildman–Crippen LogP) is 2.06. The second-order valence-electron chi connectivity index (χ2n) is 6.41. The van der Waals surface area contributed by atoms with Crippen LogP contribution >= 0.6 is 11.3 Å². The average Bonchev–Trinajstić information content (AvgIpc) is 2.95. The molecule has 0 saturated carbocycles. The van der Waals surface area contributed by atoms with Gasteiger partial charge in [0.2, 0.25) is 11.4 Å². The Kier molecular flexibility index (Phi) is 4.56. The highest BCUT2D eigenvalue weighted by Gasteiger charge is 2.34. The molecule has 0 bridgehead atoms. The normalized spacial score (nSPS) is 15.2. The van der Waals surface area contributed by atoms with Crippen molar-refractivity contribution in [2.24, 2.45) is 0 Å². The van der Waals surface area contributed by atoms with Crippen molar-refractivity contribution in [2.45, 2.75) is 39.5 Å². The highest BCUT2D eigenvalue weighted by atomic mass is 32.1. The molecule has 2 N–H and O–H groups in total. The molecule has 0 atom stereocenters. The first kappa shape index (κ1) is 18.1. The first-order valence-electron chi connectivity index (χ1n) is 7.98. The Morgan fingerprint density at radius 2 is 2.31 bits per heavy atom. The third-order valence-electron chi connectivity index (χ3n) is 4.12. The van der Waals surface area contributed by atoms with Crippen LogP contribution in [0, 0.1) is 13.5 Å². The summed E-state index contributed by atoms with van der Waals surface area (Å²) in [6.45, 7) is 13.3. The molecule has 0 saturated heterocycles. The van der Waals surface area contributed by atoms with Crippen LogP contribution < -0.4 is 10.9 Å². The minimum absolute atomic E-state index is 0.120. The second-order valence-corrected chi connectivity index (χ2v) is 7.75. The lowest BCUT2D eigenvalue weighted by molar-refractivity contribution is -0.0566. The number of ether oxygens (including phenoxy) is 1. The molecule has 9 heteroatoms. The molecule has 26 heavy (non-hydrogen) atoms. The molecule has 0 spiro atoms. The van der Waals surface area contributed by atoms with E-state index in [1.165, 1.54) is 15.9 Å². The number of rotatable bonds is 3. The number of fused-ring (bicyclic) bond motifs is 1. The maximum Gasteiger partial charge on any atom is 0.296 e. The van der Waals surface area contributed by atoms with Gasteiger partial charge in [0, 0.05) is 11.4 Å². The summed E-state index contributed by atoms with van der Waals surface area (Å²) in [5, 5.41) is 12.8. The van der Waals surface area contributed by atoms with E-state index in [9.17, 15) is 14.7 Å². The Balaban J connectivity index is 1.92. The molecule has 136 valence electrons. The molecule has 1 aliphatic rings. The van der Waals surface area contributed by atoms with Gasteiger partial charge in [0.05, 0.1) is 19.7 Å². The fraction of sp³-hybridized carbons (Fsp3) is 0.412. The number of aromatic hydroxyl groups is 1. The molecule has 0 aliphatic carbocycles. The van der Waals surface area contributed by atoms with Gasteiger partial charge in [0.1, 0.15) is 11.4 Å². The fourth-order valence-corrected chi connectivity index (χ4v) is 3.75. The predicted molar refractivity (Wildman–Crippen MR) is 95.6 cm³/mol. The Bertz CT molecular complexity index is 984. The van der Waals surface area contributed by atoms with Gasteiger partial charge in [-0.05, 0) is 31.7 Å². The Morgan fingerprint density at radius 1 is 1.58 bits per heavy atom. The molecule has 0 radical (unpaired) electrons. The van der Waals surface area contributed by atoms with E-state index < -0.39 is 22.8 Å². The van der Waals surface area contributed by atoms with Crippen LogP contribution in [0.4, 0.5) is 5.69 Å². The van der Waals surface area contributed by atoms with E-state index in [1.807, 2.05) is 6.92 Å². The number of carbonyl (C=O) groups excluding carboxylic acids is 1. The largest absolute Gasteiger partial charge is 0.501 e. The number of aromatic nitrogens is 2. The molecule has 1 aliphatic heterocycles. The van der Waals surface area contributed by atoms with Gasteiger partial charge < -0.3 is 15.2 Å². The molecule has 0 aromatic carbocycles. The summed E-state index contributed by atoms with van der Waals surface area (Å²) < 4.78 is 6.95. The molecule has 2 aromatic rings. The van der Waals surface area contributed by atoms with Crippen LogP contribution in [0.15, 0.2) is 10.9 Å². The highest BCUT2D eigenvalue weighted by molar-refractivity contribution is 7.12. The highest BCUT2D eigenvalue weighted by Crippen LogP contribution is 2.30. The summed E-state index contributed by atoms with van der Waals surface area (Å²) in [6.07, 6.45) is 0. The van der Waals surface area contributed by atoms with Gasteiger partial charge in [-0.3, -0.25) is 14.2 Å². The maximum atomic E-state index is 12.5. The van der Waals surface area contributed by atoms with Crippen molar-refractivity contribution in [1.29, 1.82) is 0 Å². The van der Waals surface area contributed by atoms with Crippen LogP contribution in [0.1, 0.15) is 39.9 Å². The van der Waals surface area contributed by atoms with Crippen molar-refractivity contribution < 1.29 is 14.6 Å². The van der Waals surface area contributed by atoms with E-state index >= 15 is 0 Å². The number of nitrogens with zero attached hydrogens (tertiary/aromatic N) is 3. The van der Waals surface area contributed by atoms with E-state index in [-0.39, 0.29) is 18.8 Å². The number of nitrogens with one attached hydrogen (secondary N) is 1. The summed E-state index contributed by atoms with van der Waals surface area (Å²) in [6, 6.07) is 1.75. The summed E-state index contributed by atoms with van der Waals surface area (Å²) >= 11 is 1.41. The lowest BCUT2D eigenvalue weighted by Crippen LogP contribution is -2.42. The summed E-state index contributed by atoms with van der Waals surface area (Å²) in [5.74, 6) is -1.06. The molecule has 1 amide bonds. The van der Waals surface area contributed by atoms with Crippen LogP contribution in [0.5, 0.6) is 5.75 Å². The molecule has 0 unspecified atom stereocenters. The van der Waals surface area contributed by atoms with Crippen molar-refractivity contribution >= 4 is 22.9 Å². The Morgan fingerprint density at radius 3 is 3.00 bits per heavy atom. The molecular weight excluding hydrogens is 356 g/mol. The van der Waals surface area contributed by atoms with Crippen LogP contribution in [-0.2, 0) is 23.4 Å². The van der Waals surface area contributed by atoms with Crippen LogP contribution in [0.3, 0.4) is 0 Å². The number of aryl methyl sites for hydroxylation is 1. The third-order valence-corrected chi connectivity index (χ3v) is 5.16. The zero-order valence-corrected chi connectivity index (χ0v) is 15.4. The second kappa shape index (κ2) is 6.55. The summed E-state index contributed by atoms with van der Waals surface area (Å²) in [4.78, 5) is 34.2. The first-order chi connectivity index (χ1) is 12.2. The molecule has 3 heterocycles. The SMILES string of the molecule is [C-]#[N+]c1cc(C)sc1CNC(=O)c1nc2n(c(=O)c1O)CCOC2(C)C. The third kappa shape index (κ3) is 3.09. The number of thiophene rings is 1. The smallest absolute Gasteiger partial charge is 0.296 e. The summed E-state index contributed by atoms with van der Waals surface area (Å²) in [7, 11) is 0. The number of hydrogen-bond donors (Lipinski definition) is 2. The van der Waals surface area contributed by atoms with Gasteiger partial charge in [0.15, 0.2) is 5.69 Å². The van der Waals surface area contributed by atoms with Gasteiger partial charge in [-0.25, -0.2) is 9.83 Å². The quantitative estimate of drug-likeness (QED) is 0.802. The van der Waals surface area contributed by atoms with Crippen LogP contribution in [0.25, 0.3) is 4.85 Å². The molecule has 8 nitrogen and oxygen atoms in total. The zero-order chi connectivity index (χ0) is 19.1. The standard InChI is InChI=1S/C17H18N4O4S/c1-9-7-10(18-4)11(26-9)8-19-14(23)12-13(22)15(24)21-5-6-25-17(2,3)16(21)20-12/h7,22H,5-6,8H2,1-3H3,(H,19,23). The fourth-order valence-electron chi connectivity index (χ4n) is 2.84. The van der Waals surface area contributed by atoms with Gasteiger partial charge in [-0.15, -0.1) is 0 Å². The minimum atomic E-state index is -0.845. The Hall–Kier alpha value is -2.70. The average molecular weight is 374 g/mol. The van der Waals surface area contributed by atoms with Crippen molar-refractivity contribution in [2.75, 3.05) is 6.61 Å². The first-order valence-corrected chi connectivity index (χ1v) is 8.79. The van der Waals surface area contributed by atoms with Gasteiger partial charge >= 0.3 is 0 Å². The van der Waals surface area contributed by atoms with Crippen molar-refractivity contribution in [3.05, 3.63) is 49.1 Å². The lowest BCUT2D eigenvalue weighted by atomic mass is 10.1. The number of amides is 1. The van der Waals surface area contributed by atoms with Gasteiger partial charge in [0.25, 0.3) is 11.5 Å². The molecule has 3 rings (SSSR count).